The zero-order chi connectivity index (χ0) is 26.6. The minimum Gasteiger partial charge on any atom is -0.497 e. The maximum atomic E-state index is 13.4. The van der Waals surface area contributed by atoms with Crippen LogP contribution in [-0.4, -0.2) is 44.5 Å². The number of fused-ring (bicyclic) bond motifs is 1. The number of amides is 1. The third-order valence-electron chi connectivity index (χ3n) is 5.46. The predicted molar refractivity (Wildman–Crippen MR) is 145 cm³/mol. The normalized spacial score (nSPS) is 11.2. The van der Waals surface area contributed by atoms with Gasteiger partial charge in [-0.15, -0.1) is 0 Å². The number of halogens is 1. The standard InChI is InChI=1S/C25H25ClN6O4S/c1-3-32(23(33)15-27)16-7-6-8-18(13-16)37(34,35)31-25-24(28-20-9-4-5-10-21(20)29-25)30-22-14-17(36-2)11-12-19(22)26/h4-14H,3,15,27H2,1-2H3,(H,28,30)(H,29,31). The van der Waals surface area contributed by atoms with Crippen LogP contribution in [0.5, 0.6) is 5.75 Å². The van der Waals surface area contributed by atoms with Crippen molar-refractivity contribution in [1.29, 1.82) is 0 Å². The van der Waals surface area contributed by atoms with Gasteiger partial charge in [-0.1, -0.05) is 29.8 Å². The molecule has 192 valence electrons. The molecule has 0 aliphatic carbocycles. The van der Waals surface area contributed by atoms with Crippen LogP contribution in [0.3, 0.4) is 0 Å². The van der Waals surface area contributed by atoms with Gasteiger partial charge in [0.1, 0.15) is 5.75 Å². The van der Waals surface area contributed by atoms with Gasteiger partial charge in [-0.05, 0) is 49.4 Å². The van der Waals surface area contributed by atoms with Crippen LogP contribution in [0.2, 0.25) is 5.02 Å². The summed E-state index contributed by atoms with van der Waals surface area (Å²) in [5, 5.41) is 3.44. The maximum absolute atomic E-state index is 13.4. The van der Waals surface area contributed by atoms with Crippen molar-refractivity contribution in [3.8, 4) is 5.75 Å². The molecule has 0 unspecified atom stereocenters. The number of carbonyl (C=O) groups excluding carboxylic acids is 1. The van der Waals surface area contributed by atoms with Crippen molar-refractivity contribution < 1.29 is 17.9 Å². The van der Waals surface area contributed by atoms with Crippen molar-refractivity contribution in [2.24, 2.45) is 5.73 Å². The van der Waals surface area contributed by atoms with E-state index in [0.29, 0.717) is 39.7 Å². The number of nitrogens with two attached hydrogens (primary N) is 1. The average Bonchev–Trinajstić information content (AvgIpc) is 2.90. The van der Waals surface area contributed by atoms with E-state index in [1.54, 1.807) is 61.5 Å². The number of carbonyl (C=O) groups is 1. The van der Waals surface area contributed by atoms with E-state index in [4.69, 9.17) is 22.1 Å². The summed E-state index contributed by atoms with van der Waals surface area (Å²) < 4.78 is 34.7. The molecule has 0 bridgehead atoms. The highest BCUT2D eigenvalue weighted by atomic mass is 35.5. The number of ether oxygens (including phenoxy) is 1. The van der Waals surface area contributed by atoms with E-state index in [9.17, 15) is 13.2 Å². The number of hydrogen-bond donors (Lipinski definition) is 3. The van der Waals surface area contributed by atoms with Gasteiger partial charge in [-0.3, -0.25) is 9.52 Å². The van der Waals surface area contributed by atoms with E-state index in [-0.39, 0.29) is 29.0 Å². The minimum absolute atomic E-state index is 0.0339. The van der Waals surface area contributed by atoms with Gasteiger partial charge in [0.2, 0.25) is 5.91 Å². The molecule has 0 saturated heterocycles. The fraction of sp³-hybridized carbons (Fsp3) is 0.160. The monoisotopic (exact) mass is 540 g/mol. The second-order valence-corrected chi connectivity index (χ2v) is 9.91. The Balaban J connectivity index is 1.76. The number of anilines is 4. The summed E-state index contributed by atoms with van der Waals surface area (Å²) in [5.74, 6) is 0.328. The summed E-state index contributed by atoms with van der Waals surface area (Å²) in [7, 11) is -2.61. The molecule has 0 fully saturated rings. The summed E-state index contributed by atoms with van der Waals surface area (Å²) >= 11 is 6.35. The highest BCUT2D eigenvalue weighted by Gasteiger charge is 2.22. The molecule has 10 nitrogen and oxygen atoms in total. The van der Waals surface area contributed by atoms with Crippen molar-refractivity contribution in [2.75, 3.05) is 35.1 Å². The average molecular weight is 541 g/mol. The molecule has 3 aromatic carbocycles. The highest BCUT2D eigenvalue weighted by Crippen LogP contribution is 2.33. The first-order valence-electron chi connectivity index (χ1n) is 11.3. The smallest absolute Gasteiger partial charge is 0.263 e. The van der Waals surface area contributed by atoms with Crippen LogP contribution in [0.15, 0.2) is 71.6 Å². The van der Waals surface area contributed by atoms with Gasteiger partial charge < -0.3 is 20.7 Å². The molecule has 4 N–H and O–H groups in total. The molecule has 1 amide bonds. The molecular weight excluding hydrogens is 516 g/mol. The number of sulfonamides is 1. The molecule has 12 heteroatoms. The Morgan fingerprint density at radius 1 is 1.03 bits per heavy atom. The van der Waals surface area contributed by atoms with Crippen molar-refractivity contribution in [3.05, 3.63) is 71.8 Å². The summed E-state index contributed by atoms with van der Waals surface area (Å²) in [6, 6.07) is 18.1. The molecule has 1 aromatic heterocycles. The van der Waals surface area contributed by atoms with Crippen LogP contribution in [0.4, 0.5) is 23.0 Å². The molecule has 0 aliphatic rings. The maximum Gasteiger partial charge on any atom is 0.263 e. The van der Waals surface area contributed by atoms with Gasteiger partial charge in [-0.25, -0.2) is 18.4 Å². The lowest BCUT2D eigenvalue weighted by Crippen LogP contribution is -2.35. The Morgan fingerprint density at radius 2 is 1.73 bits per heavy atom. The molecule has 0 aliphatic heterocycles. The Bertz CT molecular complexity index is 1560. The largest absolute Gasteiger partial charge is 0.497 e. The zero-order valence-corrected chi connectivity index (χ0v) is 21.7. The Hall–Kier alpha value is -3.93. The van der Waals surface area contributed by atoms with Crippen LogP contribution in [0.1, 0.15) is 6.92 Å². The number of aromatic nitrogens is 2. The summed E-state index contributed by atoms with van der Waals surface area (Å²) in [4.78, 5) is 22.6. The summed E-state index contributed by atoms with van der Waals surface area (Å²) in [6.07, 6.45) is 0. The molecule has 0 spiro atoms. The first-order valence-corrected chi connectivity index (χ1v) is 13.1. The second kappa shape index (κ2) is 11.0. The Labute approximate surface area is 219 Å². The molecule has 0 atom stereocenters. The molecule has 37 heavy (non-hydrogen) atoms. The van der Waals surface area contributed by atoms with Gasteiger partial charge >= 0.3 is 0 Å². The van der Waals surface area contributed by atoms with Crippen molar-refractivity contribution in [2.45, 2.75) is 11.8 Å². The fourth-order valence-corrected chi connectivity index (χ4v) is 4.84. The van der Waals surface area contributed by atoms with E-state index in [2.05, 4.69) is 20.0 Å². The number of rotatable bonds is 9. The van der Waals surface area contributed by atoms with Gasteiger partial charge in [-0.2, -0.15) is 0 Å². The number of benzene rings is 3. The third-order valence-corrected chi connectivity index (χ3v) is 7.13. The van der Waals surface area contributed by atoms with Gasteiger partial charge in [0, 0.05) is 18.3 Å². The lowest BCUT2D eigenvalue weighted by atomic mass is 10.3. The third kappa shape index (κ3) is 5.74. The topological polar surface area (TPSA) is 140 Å². The van der Waals surface area contributed by atoms with Crippen LogP contribution in [-0.2, 0) is 14.8 Å². The van der Waals surface area contributed by atoms with E-state index in [1.807, 2.05) is 0 Å². The fourth-order valence-electron chi connectivity index (χ4n) is 3.63. The van der Waals surface area contributed by atoms with E-state index < -0.39 is 10.0 Å². The lowest BCUT2D eigenvalue weighted by molar-refractivity contribution is -0.117. The first kappa shape index (κ1) is 26.1. The SMILES string of the molecule is CCN(C(=O)CN)c1cccc(S(=O)(=O)Nc2nc3ccccc3nc2Nc2cc(OC)ccc2Cl)c1. The van der Waals surface area contributed by atoms with Crippen molar-refractivity contribution >= 4 is 61.6 Å². The number of hydrogen-bond acceptors (Lipinski definition) is 8. The van der Waals surface area contributed by atoms with Gasteiger partial charge in [0.15, 0.2) is 11.6 Å². The van der Waals surface area contributed by atoms with Crippen LogP contribution in [0.25, 0.3) is 11.0 Å². The van der Waals surface area contributed by atoms with E-state index >= 15 is 0 Å². The number of likely N-dealkylation sites (N-methyl/N-ethyl adjacent to an activating group) is 1. The van der Waals surface area contributed by atoms with Crippen molar-refractivity contribution in [3.63, 3.8) is 0 Å². The molecule has 4 rings (SSSR count). The Kier molecular flexibility index (Phi) is 7.77. The molecule has 0 radical (unpaired) electrons. The molecule has 1 heterocycles. The predicted octanol–water partition coefficient (Wildman–Crippen LogP) is 4.15. The molecular formula is C25H25ClN6O4S. The first-order chi connectivity index (χ1) is 17.7. The lowest BCUT2D eigenvalue weighted by Gasteiger charge is -2.21. The zero-order valence-electron chi connectivity index (χ0n) is 20.1. The molecule has 4 aromatic rings. The number of nitrogens with one attached hydrogen (secondary N) is 2. The Morgan fingerprint density at radius 3 is 2.38 bits per heavy atom. The van der Waals surface area contributed by atoms with Crippen LogP contribution < -0.4 is 25.4 Å². The van der Waals surface area contributed by atoms with Crippen LogP contribution >= 0.6 is 11.6 Å². The summed E-state index contributed by atoms with van der Waals surface area (Å²) in [6.45, 7) is 1.91. The number of nitrogens with zero attached hydrogens (tertiary/aromatic N) is 3. The van der Waals surface area contributed by atoms with Crippen molar-refractivity contribution in [1.82, 2.24) is 9.97 Å². The second-order valence-electron chi connectivity index (χ2n) is 7.83. The van der Waals surface area contributed by atoms with E-state index in [1.165, 1.54) is 24.1 Å². The minimum atomic E-state index is -4.14. The number of para-hydroxylation sites is 2. The van der Waals surface area contributed by atoms with Crippen LogP contribution in [0, 0.1) is 0 Å². The highest BCUT2D eigenvalue weighted by molar-refractivity contribution is 7.92. The molecule has 0 saturated carbocycles. The van der Waals surface area contributed by atoms with Gasteiger partial charge in [0.05, 0.1) is 40.3 Å². The summed E-state index contributed by atoms with van der Waals surface area (Å²) in [5.41, 5.74) is 7.40. The number of methoxy groups -OCH3 is 1. The quantitative estimate of drug-likeness (QED) is 0.288. The van der Waals surface area contributed by atoms with Gasteiger partial charge in [0.25, 0.3) is 10.0 Å². The van der Waals surface area contributed by atoms with E-state index in [0.717, 1.165) is 0 Å².